The lowest BCUT2D eigenvalue weighted by atomic mass is 10.5. The Bertz CT molecular complexity index is 42.8. The third-order valence-corrected chi connectivity index (χ3v) is 2.38. The molecular weight excluding hydrogens is 154 g/mol. The first-order valence-electron chi connectivity index (χ1n) is 4.61. The number of rotatable bonds is 5. The van der Waals surface area contributed by atoms with E-state index in [2.05, 4.69) is 32.5 Å². The highest BCUT2D eigenvalue weighted by atomic mass is 32.2. The maximum atomic E-state index is 5.03. The summed E-state index contributed by atoms with van der Waals surface area (Å²) in [4.78, 5) is 0. The lowest BCUT2D eigenvalue weighted by Gasteiger charge is -1.91. The molecule has 0 saturated carbocycles. The lowest BCUT2D eigenvalue weighted by Crippen LogP contribution is -1.93. The van der Waals surface area contributed by atoms with Crippen LogP contribution in [0, 0.1) is 0 Å². The molecule has 2 heteroatoms. The first-order chi connectivity index (χ1) is 5.33. The summed E-state index contributed by atoms with van der Waals surface area (Å²) in [7, 11) is 0. The molecule has 0 bridgehead atoms. The summed E-state index contributed by atoms with van der Waals surface area (Å²) in [6.07, 6.45) is 3.75. The van der Waals surface area contributed by atoms with E-state index in [1.165, 1.54) is 24.3 Å². The molecule has 0 spiro atoms. The van der Waals surface area contributed by atoms with Crippen molar-refractivity contribution in [2.24, 2.45) is 5.73 Å². The maximum Gasteiger partial charge on any atom is -0.00702 e. The molecule has 11 heavy (non-hydrogen) atoms. The van der Waals surface area contributed by atoms with Crippen LogP contribution in [0.3, 0.4) is 0 Å². The Morgan fingerprint density at radius 3 is 1.45 bits per heavy atom. The van der Waals surface area contributed by atoms with Gasteiger partial charge in [-0.05, 0) is 37.3 Å². The fraction of sp³-hybridized carbons (Fsp3) is 1.00. The average Bonchev–Trinajstić information content (AvgIpc) is 2.06. The van der Waals surface area contributed by atoms with Gasteiger partial charge in [0.1, 0.15) is 0 Å². The molecule has 0 aromatic carbocycles. The van der Waals surface area contributed by atoms with Crippen molar-refractivity contribution in [3.8, 4) is 0 Å². The van der Waals surface area contributed by atoms with Gasteiger partial charge < -0.3 is 5.73 Å². The Labute approximate surface area is 76.1 Å². The summed E-state index contributed by atoms with van der Waals surface area (Å²) in [6.45, 7) is 7.32. The van der Waals surface area contributed by atoms with Crippen molar-refractivity contribution < 1.29 is 0 Å². The van der Waals surface area contributed by atoms with E-state index in [1.54, 1.807) is 0 Å². The fourth-order valence-corrected chi connectivity index (χ4v) is 1.17. The fourth-order valence-electron chi connectivity index (χ4n) is 0.391. The van der Waals surface area contributed by atoms with Crippen molar-refractivity contribution >= 4 is 11.8 Å². The third-order valence-electron chi connectivity index (χ3n) is 0.986. The van der Waals surface area contributed by atoms with Crippen molar-refractivity contribution in [2.75, 3.05) is 18.1 Å². The third kappa shape index (κ3) is 25.3. The molecule has 0 unspecified atom stereocenters. The van der Waals surface area contributed by atoms with E-state index >= 15 is 0 Å². The highest BCUT2D eigenvalue weighted by Gasteiger charge is 1.79. The minimum absolute atomic E-state index is 0.819. The minimum Gasteiger partial charge on any atom is -0.330 e. The molecule has 0 atom stereocenters. The van der Waals surface area contributed by atoms with Gasteiger partial charge in [0.15, 0.2) is 0 Å². The van der Waals surface area contributed by atoms with Crippen molar-refractivity contribution in [1.82, 2.24) is 0 Å². The lowest BCUT2D eigenvalue weighted by molar-refractivity contribution is 0.932. The smallest absolute Gasteiger partial charge is 0.00702 e. The average molecular weight is 177 g/mol. The van der Waals surface area contributed by atoms with Crippen LogP contribution in [0.5, 0.6) is 0 Å². The van der Waals surface area contributed by atoms with E-state index in [-0.39, 0.29) is 0 Å². The number of hydrogen-bond donors (Lipinski definition) is 1. The number of thioether (sulfide) groups is 1. The highest BCUT2D eigenvalue weighted by Crippen LogP contribution is 2.02. The summed E-state index contributed by atoms with van der Waals surface area (Å²) in [5.41, 5.74) is 5.03. The Morgan fingerprint density at radius 2 is 1.27 bits per heavy atom. The molecule has 0 aliphatic carbocycles. The predicted molar refractivity (Wildman–Crippen MR) is 57.3 cm³/mol. The van der Waals surface area contributed by atoms with Gasteiger partial charge in [0.05, 0.1) is 0 Å². The van der Waals surface area contributed by atoms with Gasteiger partial charge in [-0.3, -0.25) is 0 Å². The molecule has 0 aromatic heterocycles. The molecule has 2 N–H and O–H groups in total. The zero-order valence-electron chi connectivity index (χ0n) is 8.23. The molecule has 0 heterocycles. The van der Waals surface area contributed by atoms with Gasteiger partial charge in [0.2, 0.25) is 0 Å². The van der Waals surface area contributed by atoms with Crippen LogP contribution in [-0.2, 0) is 0 Å². The van der Waals surface area contributed by atoms with Gasteiger partial charge in [-0.15, -0.1) is 0 Å². The number of hydrogen-bond acceptors (Lipinski definition) is 2. The topological polar surface area (TPSA) is 26.0 Å². The summed E-state index contributed by atoms with van der Waals surface area (Å²) in [5.74, 6) is 2.68. The van der Waals surface area contributed by atoms with Gasteiger partial charge in [0, 0.05) is 0 Å². The van der Waals surface area contributed by atoms with Crippen molar-refractivity contribution in [3.63, 3.8) is 0 Å². The van der Waals surface area contributed by atoms with E-state index in [0.29, 0.717) is 0 Å². The molecule has 0 radical (unpaired) electrons. The molecule has 1 nitrogen and oxygen atoms in total. The van der Waals surface area contributed by atoms with Gasteiger partial charge >= 0.3 is 0 Å². The quantitative estimate of drug-likeness (QED) is 0.653. The van der Waals surface area contributed by atoms with Crippen LogP contribution in [0.25, 0.3) is 0 Å². The Morgan fingerprint density at radius 1 is 0.909 bits per heavy atom. The van der Waals surface area contributed by atoms with Crippen molar-refractivity contribution in [2.45, 2.75) is 40.0 Å². The van der Waals surface area contributed by atoms with Crippen LogP contribution in [0.2, 0.25) is 0 Å². The van der Waals surface area contributed by atoms with Crippen LogP contribution in [0.4, 0.5) is 0 Å². The van der Waals surface area contributed by atoms with Gasteiger partial charge in [-0.2, -0.15) is 11.8 Å². The van der Waals surface area contributed by atoms with Crippen molar-refractivity contribution in [1.29, 1.82) is 0 Å². The van der Waals surface area contributed by atoms with Gasteiger partial charge in [0.25, 0.3) is 0 Å². The monoisotopic (exact) mass is 177 g/mol. The molecule has 0 saturated heterocycles. The Balaban J connectivity index is 0. The van der Waals surface area contributed by atoms with Crippen LogP contribution >= 0.6 is 11.8 Å². The van der Waals surface area contributed by atoms with Gasteiger partial charge in [-0.25, -0.2) is 0 Å². The van der Waals surface area contributed by atoms with E-state index < -0.39 is 0 Å². The zero-order chi connectivity index (χ0) is 8.95. The largest absolute Gasteiger partial charge is 0.330 e. The molecule has 0 aliphatic rings. The second kappa shape index (κ2) is 16.7. The highest BCUT2D eigenvalue weighted by molar-refractivity contribution is 7.99. The molecule has 0 aliphatic heterocycles. The van der Waals surface area contributed by atoms with Crippen LogP contribution in [0.15, 0.2) is 0 Å². The molecule has 0 fully saturated rings. The minimum atomic E-state index is 0.819. The second-order valence-corrected chi connectivity index (χ2v) is 3.63. The van der Waals surface area contributed by atoms with Crippen molar-refractivity contribution in [3.05, 3.63) is 0 Å². The van der Waals surface area contributed by atoms with E-state index in [0.717, 1.165) is 13.0 Å². The predicted octanol–water partition coefficient (Wildman–Crippen LogP) is 2.89. The Kier molecular flexibility index (Phi) is 21.1. The number of nitrogens with two attached hydrogens (primary N) is 1. The van der Waals surface area contributed by atoms with Crippen LogP contribution < -0.4 is 5.73 Å². The maximum absolute atomic E-state index is 5.03. The molecule has 0 rings (SSSR count). The first kappa shape index (κ1) is 13.9. The SMILES string of the molecule is CCCN.CCCSCCC. The summed E-state index contributed by atoms with van der Waals surface area (Å²) >= 11 is 2.05. The van der Waals surface area contributed by atoms with Crippen LogP contribution in [-0.4, -0.2) is 18.1 Å². The van der Waals surface area contributed by atoms with E-state index in [1.807, 2.05) is 0 Å². The Hall–Kier alpha value is 0.310. The molecular formula is C9H23NS. The second-order valence-electron chi connectivity index (χ2n) is 2.40. The zero-order valence-corrected chi connectivity index (χ0v) is 9.04. The molecule has 0 aromatic rings. The normalized spacial score (nSPS) is 8.73. The first-order valence-corrected chi connectivity index (χ1v) is 5.76. The summed E-state index contributed by atoms with van der Waals surface area (Å²) < 4.78 is 0. The van der Waals surface area contributed by atoms with Crippen LogP contribution in [0.1, 0.15) is 40.0 Å². The van der Waals surface area contributed by atoms with E-state index in [9.17, 15) is 0 Å². The van der Waals surface area contributed by atoms with E-state index in [4.69, 9.17) is 5.73 Å². The summed E-state index contributed by atoms with van der Waals surface area (Å²) in [6, 6.07) is 0. The van der Waals surface area contributed by atoms with Gasteiger partial charge in [-0.1, -0.05) is 20.8 Å². The molecule has 70 valence electrons. The summed E-state index contributed by atoms with van der Waals surface area (Å²) in [5, 5.41) is 0. The standard InChI is InChI=1S/C6H14S.C3H9N/c1-3-5-7-6-4-2;1-2-3-4/h3-6H2,1-2H3;2-4H2,1H3. The molecule has 0 amide bonds.